The lowest BCUT2D eigenvalue weighted by atomic mass is 10.1. The molecular formula is C10H14O2. The zero-order valence-corrected chi connectivity index (χ0v) is 7.43. The summed E-state index contributed by atoms with van der Waals surface area (Å²) < 4.78 is 0. The maximum absolute atomic E-state index is 11.3. The highest BCUT2D eigenvalue weighted by Gasteiger charge is 2.20. The van der Waals surface area contributed by atoms with Crippen LogP contribution in [0.3, 0.4) is 0 Å². The smallest absolute Gasteiger partial charge is 0.166 e. The lowest BCUT2D eigenvalue weighted by molar-refractivity contribution is -0.120. The third-order valence-electron chi connectivity index (χ3n) is 2.08. The second kappa shape index (κ2) is 4.19. The van der Waals surface area contributed by atoms with Crippen molar-refractivity contribution in [2.24, 2.45) is 0 Å². The van der Waals surface area contributed by atoms with Gasteiger partial charge in [-0.25, -0.2) is 0 Å². The molecule has 2 nitrogen and oxygen atoms in total. The normalized spacial score (nSPS) is 16.4. The molecule has 1 rings (SSSR count). The van der Waals surface area contributed by atoms with Gasteiger partial charge >= 0.3 is 0 Å². The van der Waals surface area contributed by atoms with Gasteiger partial charge < -0.3 is 0 Å². The van der Waals surface area contributed by atoms with Crippen molar-refractivity contribution in [3.05, 3.63) is 11.6 Å². The minimum atomic E-state index is 0.0381. The van der Waals surface area contributed by atoms with Crippen LogP contribution >= 0.6 is 0 Å². The highest BCUT2D eigenvalue weighted by Crippen LogP contribution is 2.16. The molecule has 66 valence electrons. The van der Waals surface area contributed by atoms with E-state index in [1.807, 2.05) is 6.92 Å². The summed E-state index contributed by atoms with van der Waals surface area (Å²) in [5.74, 6) is 0.0791. The van der Waals surface area contributed by atoms with Gasteiger partial charge in [-0.05, 0) is 12.8 Å². The highest BCUT2D eigenvalue weighted by molar-refractivity contribution is 6.21. The maximum atomic E-state index is 11.3. The standard InChI is InChI=1S/C10H14O2/c1-2-3-6-9(11)8-5-4-7-10(8)12/h5H,2-4,6-7H2,1H3. The van der Waals surface area contributed by atoms with Gasteiger partial charge in [-0.15, -0.1) is 0 Å². The van der Waals surface area contributed by atoms with E-state index in [0.29, 0.717) is 18.4 Å². The molecule has 0 spiro atoms. The molecule has 0 radical (unpaired) electrons. The Balaban J connectivity index is 2.47. The lowest BCUT2D eigenvalue weighted by Gasteiger charge is -1.97. The Morgan fingerprint density at radius 2 is 2.33 bits per heavy atom. The largest absolute Gasteiger partial charge is 0.294 e. The molecule has 0 aliphatic heterocycles. The quantitative estimate of drug-likeness (QED) is 0.599. The summed E-state index contributed by atoms with van der Waals surface area (Å²) in [6.07, 6.45) is 5.50. The molecule has 0 aromatic rings. The molecule has 2 heteroatoms. The van der Waals surface area contributed by atoms with E-state index in [9.17, 15) is 9.59 Å². The molecule has 0 atom stereocenters. The van der Waals surface area contributed by atoms with Crippen LogP contribution in [0.1, 0.15) is 39.0 Å². The Kier molecular flexibility index (Phi) is 3.20. The van der Waals surface area contributed by atoms with Crippen LogP contribution < -0.4 is 0 Å². The Morgan fingerprint density at radius 1 is 1.58 bits per heavy atom. The first-order valence-corrected chi connectivity index (χ1v) is 4.52. The molecule has 0 saturated carbocycles. The van der Waals surface area contributed by atoms with Gasteiger partial charge in [0.05, 0.1) is 5.57 Å². The van der Waals surface area contributed by atoms with Crippen molar-refractivity contribution in [1.82, 2.24) is 0 Å². The first-order chi connectivity index (χ1) is 5.75. The van der Waals surface area contributed by atoms with Crippen molar-refractivity contribution in [3.8, 4) is 0 Å². The number of Topliss-reactive ketones (excluding diaryl/α,β-unsaturated/α-hetero) is 2. The molecule has 0 amide bonds. The summed E-state index contributed by atoms with van der Waals surface area (Å²) in [6.45, 7) is 2.04. The second-order valence-corrected chi connectivity index (χ2v) is 3.11. The molecule has 12 heavy (non-hydrogen) atoms. The van der Waals surface area contributed by atoms with E-state index in [-0.39, 0.29) is 11.6 Å². The third kappa shape index (κ3) is 2.03. The van der Waals surface area contributed by atoms with Crippen LogP contribution in [0.4, 0.5) is 0 Å². The predicted octanol–water partition coefficient (Wildman–Crippen LogP) is 2.04. The number of rotatable bonds is 4. The summed E-state index contributed by atoms with van der Waals surface area (Å²) in [6, 6.07) is 0. The Hall–Kier alpha value is -0.920. The van der Waals surface area contributed by atoms with Crippen molar-refractivity contribution in [2.75, 3.05) is 0 Å². The fraction of sp³-hybridized carbons (Fsp3) is 0.600. The fourth-order valence-corrected chi connectivity index (χ4v) is 1.34. The second-order valence-electron chi connectivity index (χ2n) is 3.11. The Morgan fingerprint density at radius 3 is 2.83 bits per heavy atom. The highest BCUT2D eigenvalue weighted by atomic mass is 16.1. The summed E-state index contributed by atoms with van der Waals surface area (Å²) in [5.41, 5.74) is 0.462. The van der Waals surface area contributed by atoms with Crippen molar-refractivity contribution < 1.29 is 9.59 Å². The van der Waals surface area contributed by atoms with Crippen molar-refractivity contribution in [3.63, 3.8) is 0 Å². The Labute approximate surface area is 72.7 Å². The van der Waals surface area contributed by atoms with Crippen LogP contribution in [-0.2, 0) is 9.59 Å². The Bertz CT molecular complexity index is 226. The summed E-state index contributed by atoms with van der Waals surface area (Å²) in [4.78, 5) is 22.4. The minimum Gasteiger partial charge on any atom is -0.294 e. The van der Waals surface area contributed by atoms with Crippen LogP contribution in [0, 0.1) is 0 Å². The van der Waals surface area contributed by atoms with Gasteiger partial charge in [-0.2, -0.15) is 0 Å². The molecule has 0 aromatic carbocycles. The van der Waals surface area contributed by atoms with Gasteiger partial charge in [0.2, 0.25) is 0 Å². The van der Waals surface area contributed by atoms with Gasteiger partial charge in [0, 0.05) is 12.8 Å². The van der Waals surface area contributed by atoms with Crippen LogP contribution in [0.2, 0.25) is 0 Å². The van der Waals surface area contributed by atoms with Crippen molar-refractivity contribution >= 4 is 11.6 Å². The van der Waals surface area contributed by atoms with E-state index in [1.54, 1.807) is 6.08 Å². The molecule has 0 N–H and O–H groups in total. The number of ketones is 2. The fourth-order valence-electron chi connectivity index (χ4n) is 1.34. The summed E-state index contributed by atoms with van der Waals surface area (Å²) in [7, 11) is 0. The molecule has 0 bridgehead atoms. The van der Waals surface area contributed by atoms with E-state index >= 15 is 0 Å². The molecule has 0 heterocycles. The van der Waals surface area contributed by atoms with E-state index in [4.69, 9.17) is 0 Å². The lowest BCUT2D eigenvalue weighted by Crippen LogP contribution is -2.08. The van der Waals surface area contributed by atoms with Gasteiger partial charge in [0.1, 0.15) is 0 Å². The number of carbonyl (C=O) groups excluding carboxylic acids is 2. The SMILES string of the molecule is CCCCC(=O)C1=CCCC1=O. The van der Waals surface area contributed by atoms with Gasteiger partial charge in [-0.3, -0.25) is 9.59 Å². The van der Waals surface area contributed by atoms with Gasteiger partial charge in [-0.1, -0.05) is 19.4 Å². The van der Waals surface area contributed by atoms with Crippen LogP contribution in [0.5, 0.6) is 0 Å². The third-order valence-corrected chi connectivity index (χ3v) is 2.08. The van der Waals surface area contributed by atoms with Crippen molar-refractivity contribution in [1.29, 1.82) is 0 Å². The number of unbranched alkanes of at least 4 members (excludes halogenated alkanes) is 1. The van der Waals surface area contributed by atoms with E-state index < -0.39 is 0 Å². The van der Waals surface area contributed by atoms with Crippen LogP contribution in [0.25, 0.3) is 0 Å². The molecule has 1 aliphatic rings. The summed E-state index contributed by atoms with van der Waals surface area (Å²) in [5, 5.41) is 0. The van der Waals surface area contributed by atoms with Crippen LogP contribution in [-0.4, -0.2) is 11.6 Å². The number of allylic oxidation sites excluding steroid dienone is 2. The molecular weight excluding hydrogens is 152 g/mol. The first-order valence-electron chi connectivity index (χ1n) is 4.52. The first kappa shape index (κ1) is 9.17. The molecule has 0 aromatic heterocycles. The van der Waals surface area contributed by atoms with Gasteiger partial charge in [0.25, 0.3) is 0 Å². The predicted molar refractivity (Wildman–Crippen MR) is 46.9 cm³/mol. The maximum Gasteiger partial charge on any atom is 0.166 e. The number of hydrogen-bond acceptors (Lipinski definition) is 2. The van der Waals surface area contributed by atoms with E-state index in [1.165, 1.54) is 0 Å². The number of hydrogen-bond donors (Lipinski definition) is 0. The van der Waals surface area contributed by atoms with Crippen molar-refractivity contribution in [2.45, 2.75) is 39.0 Å². The zero-order valence-electron chi connectivity index (χ0n) is 7.43. The molecule has 0 unspecified atom stereocenters. The van der Waals surface area contributed by atoms with Crippen LogP contribution in [0.15, 0.2) is 11.6 Å². The van der Waals surface area contributed by atoms with Gasteiger partial charge in [0.15, 0.2) is 11.6 Å². The van der Waals surface area contributed by atoms with E-state index in [0.717, 1.165) is 19.3 Å². The zero-order chi connectivity index (χ0) is 8.97. The molecule has 1 aliphatic carbocycles. The number of carbonyl (C=O) groups is 2. The monoisotopic (exact) mass is 166 g/mol. The molecule has 0 fully saturated rings. The topological polar surface area (TPSA) is 34.1 Å². The minimum absolute atomic E-state index is 0.0381. The average Bonchev–Trinajstić information content (AvgIpc) is 2.47. The average molecular weight is 166 g/mol. The molecule has 0 saturated heterocycles. The summed E-state index contributed by atoms with van der Waals surface area (Å²) >= 11 is 0. The van der Waals surface area contributed by atoms with E-state index in [2.05, 4.69) is 0 Å².